The molecular formula is C26H32F3N5O5. The molecule has 2 bridgehead atoms. The molecule has 39 heavy (non-hydrogen) atoms. The highest BCUT2D eigenvalue weighted by molar-refractivity contribution is 6.04. The Bertz CT molecular complexity index is 1130. The number of alkyl halides is 3. The standard InChI is InChI=1S/C25H28F3N5O4.CH4O/c1-29-23-31-18-10-11-19(22(34)35-2)21(14-18)37-13-7-6-12-36-15-20(17-8-4-3-5-9-17)32-24(33-23)30-16-25(26,27)28;1-2/h3-5,8-11,14,20H,1,6-7,12-13,15-16H2,2H3,(H2,30,31,32,33);2H,1H3/t20-;/m1./s1. The van der Waals surface area contributed by atoms with Crippen molar-refractivity contribution in [3.8, 4) is 5.75 Å². The van der Waals surface area contributed by atoms with Gasteiger partial charge in [0, 0.05) is 25.5 Å². The molecule has 0 amide bonds. The van der Waals surface area contributed by atoms with Crippen molar-refractivity contribution in [3.05, 3.63) is 59.7 Å². The van der Waals surface area contributed by atoms with Gasteiger partial charge in [0.2, 0.25) is 11.9 Å². The summed E-state index contributed by atoms with van der Waals surface area (Å²) in [4.78, 5) is 23.7. The maximum absolute atomic E-state index is 13.0. The van der Waals surface area contributed by atoms with Gasteiger partial charge in [-0.3, -0.25) is 0 Å². The lowest BCUT2D eigenvalue weighted by Crippen LogP contribution is -2.33. The van der Waals surface area contributed by atoms with E-state index in [2.05, 4.69) is 32.3 Å². The van der Waals surface area contributed by atoms with Crippen molar-refractivity contribution in [3.63, 3.8) is 0 Å². The number of nitrogens with one attached hydrogen (secondary N) is 2. The number of nitrogens with zero attached hydrogens (tertiary/aromatic N) is 3. The van der Waals surface area contributed by atoms with E-state index in [1.165, 1.54) is 13.2 Å². The van der Waals surface area contributed by atoms with Crippen molar-refractivity contribution in [1.29, 1.82) is 0 Å². The molecule has 2 aromatic rings. The molecule has 13 heteroatoms. The highest BCUT2D eigenvalue weighted by atomic mass is 19.4. The number of esters is 1. The Hall–Kier alpha value is -3.97. The van der Waals surface area contributed by atoms with Gasteiger partial charge in [0.05, 0.1) is 26.4 Å². The van der Waals surface area contributed by atoms with Crippen molar-refractivity contribution >= 4 is 30.3 Å². The van der Waals surface area contributed by atoms with Crippen LogP contribution in [0.25, 0.3) is 0 Å². The average molecular weight is 552 g/mol. The van der Waals surface area contributed by atoms with Gasteiger partial charge in [0.1, 0.15) is 17.9 Å². The highest BCUT2D eigenvalue weighted by Gasteiger charge is 2.27. The second-order valence-corrected chi connectivity index (χ2v) is 7.91. The van der Waals surface area contributed by atoms with E-state index in [9.17, 15) is 18.0 Å². The number of aliphatic hydroxyl groups is 1. The second kappa shape index (κ2) is 16.1. The molecule has 0 saturated carbocycles. The van der Waals surface area contributed by atoms with Gasteiger partial charge < -0.3 is 30.0 Å². The van der Waals surface area contributed by atoms with Crippen LogP contribution in [-0.4, -0.2) is 76.5 Å². The van der Waals surface area contributed by atoms with Crippen molar-refractivity contribution in [2.75, 3.05) is 45.9 Å². The SMILES string of the molecule is C=N/C1=N\C(=NCC(F)(F)F)N[C@@H](c2ccccc2)COCCCCOc2cc(ccc2C(=O)OC)N1.CO. The Morgan fingerprint density at radius 2 is 1.90 bits per heavy atom. The normalized spacial score (nSPS) is 19.1. The molecule has 3 rings (SSSR count). The van der Waals surface area contributed by atoms with E-state index in [4.69, 9.17) is 19.3 Å². The highest BCUT2D eigenvalue weighted by Crippen LogP contribution is 2.25. The zero-order valence-corrected chi connectivity index (χ0v) is 21.7. The lowest BCUT2D eigenvalue weighted by Gasteiger charge is -2.21. The van der Waals surface area contributed by atoms with E-state index in [0.29, 0.717) is 31.7 Å². The third-order valence-electron chi connectivity index (χ3n) is 5.14. The molecule has 2 aromatic carbocycles. The summed E-state index contributed by atoms with van der Waals surface area (Å²) in [6.07, 6.45) is -3.24. The van der Waals surface area contributed by atoms with Gasteiger partial charge >= 0.3 is 12.1 Å². The average Bonchev–Trinajstić information content (AvgIpc) is 2.94. The number of aliphatic hydroxyl groups excluding tert-OH is 1. The van der Waals surface area contributed by atoms with E-state index in [1.54, 1.807) is 12.1 Å². The number of carbonyl (C=O) groups excluding carboxylic acids is 1. The minimum absolute atomic E-state index is 0.120. The number of carbonyl (C=O) groups is 1. The fourth-order valence-corrected chi connectivity index (χ4v) is 3.36. The number of hydrogen-bond acceptors (Lipinski definition) is 8. The predicted octanol–water partition coefficient (Wildman–Crippen LogP) is 3.99. The molecule has 0 saturated heterocycles. The Kier molecular flexibility index (Phi) is 12.9. The van der Waals surface area contributed by atoms with E-state index in [1.807, 2.05) is 30.3 Å². The second-order valence-electron chi connectivity index (χ2n) is 7.91. The number of methoxy groups -OCH3 is 1. The molecule has 0 spiro atoms. The van der Waals surface area contributed by atoms with Crippen molar-refractivity contribution in [2.24, 2.45) is 15.0 Å². The van der Waals surface area contributed by atoms with Gasteiger partial charge in [-0.15, -0.1) is 0 Å². The summed E-state index contributed by atoms with van der Waals surface area (Å²) in [6.45, 7) is 2.87. The fourth-order valence-electron chi connectivity index (χ4n) is 3.36. The zero-order chi connectivity index (χ0) is 28.7. The van der Waals surface area contributed by atoms with Crippen molar-refractivity contribution in [1.82, 2.24) is 5.32 Å². The molecule has 1 atom stereocenters. The first-order valence-electron chi connectivity index (χ1n) is 11.9. The summed E-state index contributed by atoms with van der Waals surface area (Å²) in [5, 5.41) is 12.8. The van der Waals surface area contributed by atoms with Gasteiger partial charge in [-0.1, -0.05) is 30.3 Å². The Morgan fingerprint density at radius 1 is 1.18 bits per heavy atom. The van der Waals surface area contributed by atoms with Gasteiger partial charge in [-0.2, -0.15) is 18.2 Å². The van der Waals surface area contributed by atoms with Gasteiger partial charge in [0.15, 0.2) is 0 Å². The first kappa shape index (κ1) is 31.2. The lowest BCUT2D eigenvalue weighted by molar-refractivity contribution is -0.118. The quantitative estimate of drug-likeness (QED) is 0.389. The largest absolute Gasteiger partial charge is 0.493 e. The molecule has 10 nitrogen and oxygen atoms in total. The number of rotatable bonds is 3. The minimum Gasteiger partial charge on any atom is -0.493 e. The summed E-state index contributed by atoms with van der Waals surface area (Å²) in [5.74, 6) is -0.737. The summed E-state index contributed by atoms with van der Waals surface area (Å²) in [6, 6.07) is 13.2. The Balaban J connectivity index is 0.00000260. The molecule has 1 heterocycles. The molecule has 0 fully saturated rings. The van der Waals surface area contributed by atoms with E-state index < -0.39 is 24.7 Å². The topological polar surface area (TPSA) is 126 Å². The molecule has 0 radical (unpaired) electrons. The Labute approximate surface area is 224 Å². The van der Waals surface area contributed by atoms with E-state index in [0.717, 1.165) is 12.7 Å². The van der Waals surface area contributed by atoms with Crippen LogP contribution >= 0.6 is 0 Å². The smallest absolute Gasteiger partial charge is 0.408 e. The lowest BCUT2D eigenvalue weighted by atomic mass is 10.1. The molecule has 212 valence electrons. The van der Waals surface area contributed by atoms with Crippen LogP contribution in [0, 0.1) is 0 Å². The number of aliphatic imine (C=N–C) groups is 3. The molecule has 0 unspecified atom stereocenters. The van der Waals surface area contributed by atoms with Crippen LogP contribution in [0.3, 0.4) is 0 Å². The molecular weight excluding hydrogens is 519 g/mol. The van der Waals surface area contributed by atoms with Crippen LogP contribution in [0.2, 0.25) is 0 Å². The van der Waals surface area contributed by atoms with Gasteiger partial charge in [-0.05, 0) is 37.3 Å². The number of hydrogen-bond donors (Lipinski definition) is 3. The van der Waals surface area contributed by atoms with Gasteiger partial charge in [-0.25, -0.2) is 14.8 Å². The van der Waals surface area contributed by atoms with E-state index in [-0.39, 0.29) is 29.8 Å². The van der Waals surface area contributed by atoms with Crippen LogP contribution in [0.5, 0.6) is 5.75 Å². The molecule has 0 aliphatic carbocycles. The number of fused-ring (bicyclic) bond motifs is 2. The summed E-state index contributed by atoms with van der Waals surface area (Å²) < 4.78 is 55.4. The number of ether oxygens (including phenoxy) is 3. The zero-order valence-electron chi connectivity index (χ0n) is 21.7. The molecule has 1 aliphatic heterocycles. The minimum atomic E-state index is -4.54. The van der Waals surface area contributed by atoms with Crippen LogP contribution in [0.15, 0.2) is 63.5 Å². The fraction of sp³-hybridized carbons (Fsp3) is 0.385. The monoisotopic (exact) mass is 551 g/mol. The predicted molar refractivity (Wildman–Crippen MR) is 143 cm³/mol. The summed E-state index contributed by atoms with van der Waals surface area (Å²) in [7, 11) is 2.26. The maximum atomic E-state index is 13.0. The van der Waals surface area contributed by atoms with Crippen LogP contribution in [0.1, 0.15) is 34.8 Å². The summed E-state index contributed by atoms with van der Waals surface area (Å²) in [5.41, 5.74) is 1.42. The number of halogens is 3. The molecule has 3 N–H and O–H groups in total. The number of anilines is 1. The van der Waals surface area contributed by atoms with Crippen LogP contribution in [-0.2, 0) is 9.47 Å². The van der Waals surface area contributed by atoms with Crippen LogP contribution in [0.4, 0.5) is 18.9 Å². The first-order valence-corrected chi connectivity index (χ1v) is 11.9. The third-order valence-corrected chi connectivity index (χ3v) is 5.14. The first-order chi connectivity index (χ1) is 18.8. The number of benzene rings is 2. The Morgan fingerprint density at radius 3 is 2.56 bits per heavy atom. The third kappa shape index (κ3) is 10.7. The van der Waals surface area contributed by atoms with Crippen molar-refractivity contribution in [2.45, 2.75) is 25.1 Å². The van der Waals surface area contributed by atoms with Crippen molar-refractivity contribution < 1.29 is 37.3 Å². The van der Waals surface area contributed by atoms with Gasteiger partial charge in [0.25, 0.3) is 0 Å². The molecule has 1 aliphatic rings. The number of guanidine groups is 2. The summed E-state index contributed by atoms with van der Waals surface area (Å²) >= 11 is 0. The maximum Gasteiger partial charge on any atom is 0.408 e. The van der Waals surface area contributed by atoms with Crippen LogP contribution < -0.4 is 15.4 Å². The van der Waals surface area contributed by atoms with E-state index >= 15 is 0 Å². The molecule has 0 aromatic heterocycles.